The fraction of sp³-hybridized carbons (Fsp3) is 0.500. The van der Waals surface area contributed by atoms with Gasteiger partial charge in [0.15, 0.2) is 6.10 Å². The lowest BCUT2D eigenvalue weighted by molar-refractivity contribution is -0.384. The molecule has 0 radical (unpaired) electrons. The maximum atomic E-state index is 12.6. The minimum absolute atomic E-state index is 0.0910. The molecule has 10 nitrogen and oxygen atoms in total. The molecular weight excluding hydrogens is 402 g/mol. The summed E-state index contributed by atoms with van der Waals surface area (Å²) in [5.74, 6) is -0.775. The number of amides is 2. The van der Waals surface area contributed by atoms with Crippen molar-refractivity contribution in [2.75, 3.05) is 18.2 Å². The number of benzene rings is 1. The number of fused-ring (bicyclic) bond motifs is 1. The van der Waals surface area contributed by atoms with E-state index in [2.05, 4.69) is 5.32 Å². The molecule has 29 heavy (non-hydrogen) atoms. The fourth-order valence-electron chi connectivity index (χ4n) is 3.44. The van der Waals surface area contributed by atoms with Crippen molar-refractivity contribution in [3.8, 4) is 5.75 Å². The zero-order valence-corrected chi connectivity index (χ0v) is 17.0. The second-order valence-corrected chi connectivity index (χ2v) is 8.48. The number of rotatable bonds is 6. The topological polar surface area (TPSA) is 128 Å². The molecule has 1 aromatic rings. The van der Waals surface area contributed by atoms with E-state index in [-0.39, 0.29) is 23.0 Å². The highest BCUT2D eigenvalue weighted by molar-refractivity contribution is 8.01. The number of non-ortho nitro benzene ring substituents is 1. The average molecular weight is 423 g/mol. The predicted molar refractivity (Wildman–Crippen MR) is 105 cm³/mol. The first kappa shape index (κ1) is 20.9. The second kappa shape index (κ2) is 7.90. The van der Waals surface area contributed by atoms with Gasteiger partial charge in [-0.1, -0.05) is 0 Å². The molecule has 2 aliphatic rings. The van der Waals surface area contributed by atoms with E-state index in [4.69, 9.17) is 9.47 Å². The van der Waals surface area contributed by atoms with Gasteiger partial charge in [-0.25, -0.2) is 4.79 Å². The molecule has 2 amide bonds. The zero-order valence-electron chi connectivity index (χ0n) is 16.2. The van der Waals surface area contributed by atoms with E-state index >= 15 is 0 Å². The number of methoxy groups -OCH3 is 1. The lowest BCUT2D eigenvalue weighted by atomic mass is 10.2. The molecule has 2 fully saturated rings. The van der Waals surface area contributed by atoms with Crippen molar-refractivity contribution in [2.24, 2.45) is 0 Å². The highest BCUT2D eigenvalue weighted by Gasteiger charge is 2.53. The van der Waals surface area contributed by atoms with Crippen molar-refractivity contribution in [3.05, 3.63) is 28.3 Å². The van der Waals surface area contributed by atoms with E-state index in [1.165, 1.54) is 37.9 Å². The smallest absolute Gasteiger partial charge is 0.330 e. The van der Waals surface area contributed by atoms with Crippen LogP contribution >= 0.6 is 11.8 Å². The molecule has 0 bridgehead atoms. The lowest BCUT2D eigenvalue weighted by Crippen LogP contribution is -2.48. The minimum Gasteiger partial charge on any atom is -0.495 e. The Morgan fingerprint density at radius 1 is 1.45 bits per heavy atom. The molecule has 11 heteroatoms. The van der Waals surface area contributed by atoms with Gasteiger partial charge in [0.05, 0.1) is 22.6 Å². The van der Waals surface area contributed by atoms with Crippen LogP contribution in [0.2, 0.25) is 0 Å². The molecule has 0 aromatic heterocycles. The largest absolute Gasteiger partial charge is 0.495 e. The van der Waals surface area contributed by atoms with Gasteiger partial charge >= 0.3 is 5.97 Å². The number of nitrogens with one attached hydrogen (secondary N) is 1. The van der Waals surface area contributed by atoms with Crippen molar-refractivity contribution in [1.29, 1.82) is 0 Å². The first-order valence-corrected chi connectivity index (χ1v) is 9.95. The molecule has 156 valence electrons. The number of nitro benzene ring substituents is 1. The molecule has 2 aliphatic heterocycles. The summed E-state index contributed by atoms with van der Waals surface area (Å²) in [6, 6.07) is 3.04. The van der Waals surface area contributed by atoms with Crippen LogP contribution in [0.3, 0.4) is 0 Å². The Kier molecular flexibility index (Phi) is 5.69. The molecule has 3 rings (SSSR count). The number of anilines is 1. The molecule has 1 N–H and O–H groups in total. The Balaban J connectivity index is 1.67. The van der Waals surface area contributed by atoms with Gasteiger partial charge in [-0.15, -0.1) is 11.8 Å². The SMILES string of the molecule is COc1ccc([N+](=O)[O-])cc1NC(=O)[C@@H](C)OC(=O)[C@@H]1CS[C@@]2(C)CCC(=O)N12. The Morgan fingerprint density at radius 2 is 2.17 bits per heavy atom. The number of ether oxygens (including phenoxy) is 2. The Morgan fingerprint density at radius 3 is 2.83 bits per heavy atom. The minimum atomic E-state index is -1.17. The van der Waals surface area contributed by atoms with Crippen LogP contribution in [0.15, 0.2) is 18.2 Å². The van der Waals surface area contributed by atoms with Crippen LogP contribution in [-0.2, 0) is 19.1 Å². The van der Waals surface area contributed by atoms with Crippen molar-refractivity contribution in [3.63, 3.8) is 0 Å². The molecule has 2 heterocycles. The monoisotopic (exact) mass is 423 g/mol. The van der Waals surface area contributed by atoms with E-state index in [1.807, 2.05) is 6.92 Å². The number of nitrogens with zero attached hydrogens (tertiary/aromatic N) is 2. The van der Waals surface area contributed by atoms with Gasteiger partial charge < -0.3 is 19.7 Å². The highest BCUT2D eigenvalue weighted by atomic mass is 32.2. The van der Waals surface area contributed by atoms with Gasteiger partial charge in [-0.3, -0.25) is 19.7 Å². The lowest BCUT2D eigenvalue weighted by Gasteiger charge is -2.29. The molecule has 0 unspecified atom stereocenters. The standard InChI is InChI=1S/C18H21N3O7S/c1-10(16(23)19-12-8-11(21(25)26)4-5-14(12)27-3)28-17(24)13-9-29-18(2)7-6-15(22)20(13)18/h4-5,8,10,13H,6-7,9H2,1-3H3,(H,19,23)/t10-,13+,18+/m1/s1. The number of nitro groups is 1. The number of esters is 1. The third kappa shape index (κ3) is 4.00. The van der Waals surface area contributed by atoms with E-state index in [0.29, 0.717) is 18.6 Å². The number of carbonyl (C=O) groups is 3. The van der Waals surface area contributed by atoms with Crippen LogP contribution in [0.5, 0.6) is 5.75 Å². The van der Waals surface area contributed by atoms with Gasteiger partial charge in [0.2, 0.25) is 5.91 Å². The van der Waals surface area contributed by atoms with Gasteiger partial charge in [-0.2, -0.15) is 0 Å². The first-order valence-electron chi connectivity index (χ1n) is 8.96. The molecule has 0 spiro atoms. The average Bonchev–Trinajstić information content (AvgIpc) is 3.17. The number of carbonyl (C=O) groups excluding carboxylic acids is 3. The van der Waals surface area contributed by atoms with Gasteiger partial charge in [0.25, 0.3) is 11.6 Å². The normalized spacial score (nSPS) is 24.0. The number of hydrogen-bond acceptors (Lipinski definition) is 8. The number of hydrogen-bond donors (Lipinski definition) is 1. The summed E-state index contributed by atoms with van der Waals surface area (Å²) in [4.78, 5) is 48.7. The van der Waals surface area contributed by atoms with Crippen LogP contribution in [0.4, 0.5) is 11.4 Å². The fourth-order valence-corrected chi connectivity index (χ4v) is 4.86. The third-order valence-corrected chi connectivity index (χ3v) is 6.54. The van der Waals surface area contributed by atoms with Crippen LogP contribution in [0.25, 0.3) is 0 Å². The van der Waals surface area contributed by atoms with Gasteiger partial charge in [-0.05, 0) is 26.3 Å². The maximum absolute atomic E-state index is 12.6. The highest BCUT2D eigenvalue weighted by Crippen LogP contribution is 2.47. The van der Waals surface area contributed by atoms with Crippen molar-refractivity contribution < 1.29 is 28.8 Å². The predicted octanol–water partition coefficient (Wildman–Crippen LogP) is 1.93. The first-order chi connectivity index (χ1) is 13.7. The zero-order chi connectivity index (χ0) is 21.3. The summed E-state index contributed by atoms with van der Waals surface area (Å²) < 4.78 is 10.4. The summed E-state index contributed by atoms with van der Waals surface area (Å²) in [5.41, 5.74) is -0.131. The van der Waals surface area contributed by atoms with E-state index < -0.39 is 33.8 Å². The van der Waals surface area contributed by atoms with Crippen LogP contribution in [-0.4, -0.2) is 57.5 Å². The second-order valence-electron chi connectivity index (χ2n) is 6.98. The summed E-state index contributed by atoms with van der Waals surface area (Å²) >= 11 is 1.53. The van der Waals surface area contributed by atoms with Gasteiger partial charge in [0, 0.05) is 24.3 Å². The Bertz CT molecular complexity index is 877. The molecule has 1 aromatic carbocycles. The van der Waals surface area contributed by atoms with Crippen LogP contribution in [0, 0.1) is 10.1 Å². The van der Waals surface area contributed by atoms with Crippen molar-refractivity contribution in [1.82, 2.24) is 4.90 Å². The van der Waals surface area contributed by atoms with Crippen LogP contribution < -0.4 is 10.1 Å². The van der Waals surface area contributed by atoms with Gasteiger partial charge in [0.1, 0.15) is 11.8 Å². The quantitative estimate of drug-likeness (QED) is 0.418. The molecule has 0 saturated carbocycles. The van der Waals surface area contributed by atoms with E-state index in [1.54, 1.807) is 4.90 Å². The Hall–Kier alpha value is -2.82. The maximum Gasteiger partial charge on any atom is 0.330 e. The van der Waals surface area contributed by atoms with E-state index in [9.17, 15) is 24.5 Å². The molecule has 0 aliphatic carbocycles. The summed E-state index contributed by atoms with van der Waals surface area (Å²) in [5, 5.41) is 13.4. The molecule has 3 atom stereocenters. The van der Waals surface area contributed by atoms with Crippen molar-refractivity contribution in [2.45, 2.75) is 43.7 Å². The van der Waals surface area contributed by atoms with E-state index in [0.717, 1.165) is 6.07 Å². The van der Waals surface area contributed by atoms with Crippen molar-refractivity contribution >= 4 is 40.9 Å². The third-order valence-electron chi connectivity index (χ3n) is 5.03. The molecular formula is C18H21N3O7S. The molecule has 2 saturated heterocycles. The summed E-state index contributed by atoms with van der Waals surface area (Å²) in [6.07, 6.45) is -0.111. The number of thioether (sulfide) groups is 1. The summed E-state index contributed by atoms with van der Waals surface area (Å²) in [6.45, 7) is 3.31. The summed E-state index contributed by atoms with van der Waals surface area (Å²) in [7, 11) is 1.36. The van der Waals surface area contributed by atoms with Crippen LogP contribution in [0.1, 0.15) is 26.7 Å². The Labute approximate surface area is 171 Å².